The molecule has 0 saturated carbocycles. The van der Waals surface area contributed by atoms with Crippen molar-refractivity contribution in [3.8, 4) is 5.75 Å². The van der Waals surface area contributed by atoms with Crippen LogP contribution in [-0.4, -0.2) is 18.6 Å². The highest BCUT2D eigenvalue weighted by atomic mass is 32.2. The highest BCUT2D eigenvalue weighted by Gasteiger charge is 2.12. The highest BCUT2D eigenvalue weighted by Crippen LogP contribution is 2.20. The normalized spacial score (nSPS) is 11.6. The minimum atomic E-state index is -3.71. The summed E-state index contributed by atoms with van der Waals surface area (Å²) in [5.74, 6) is 1.50. The summed E-state index contributed by atoms with van der Waals surface area (Å²) in [7, 11) is -3.71. The van der Waals surface area contributed by atoms with E-state index in [2.05, 4.69) is 10.1 Å². The second-order valence-corrected chi connectivity index (χ2v) is 5.75. The van der Waals surface area contributed by atoms with Crippen LogP contribution in [0.5, 0.6) is 5.75 Å². The highest BCUT2D eigenvalue weighted by molar-refractivity contribution is 7.89. The van der Waals surface area contributed by atoms with Crippen molar-refractivity contribution in [1.82, 2.24) is 10.1 Å². The zero-order chi connectivity index (χ0) is 14.8. The number of hydrogen-bond donors (Lipinski definition) is 1. The number of nitrogens with two attached hydrogens (primary N) is 1. The van der Waals surface area contributed by atoms with Crippen LogP contribution in [0.1, 0.15) is 24.2 Å². The first-order chi connectivity index (χ1) is 9.40. The van der Waals surface area contributed by atoms with Crippen LogP contribution < -0.4 is 9.88 Å². The number of benzene rings is 1. The average molecular weight is 297 g/mol. The minimum absolute atomic E-state index is 0.0812. The molecular formula is C12H15N3O4S. The maximum Gasteiger partial charge on any atom is 0.238 e. The molecule has 8 heteroatoms. The topological polar surface area (TPSA) is 108 Å². The van der Waals surface area contributed by atoms with Crippen LogP contribution in [0.2, 0.25) is 0 Å². The lowest BCUT2D eigenvalue weighted by Crippen LogP contribution is -2.13. The number of primary sulfonamides is 1. The minimum Gasteiger partial charge on any atom is -0.485 e. The van der Waals surface area contributed by atoms with Crippen LogP contribution >= 0.6 is 0 Å². The fourth-order valence-corrected chi connectivity index (χ4v) is 2.44. The second-order valence-electron chi connectivity index (χ2n) is 4.22. The Morgan fingerprint density at radius 3 is 2.70 bits per heavy atom. The first-order valence-corrected chi connectivity index (χ1v) is 7.52. The Morgan fingerprint density at radius 1 is 1.40 bits per heavy atom. The van der Waals surface area contributed by atoms with Gasteiger partial charge < -0.3 is 9.26 Å². The molecule has 20 heavy (non-hydrogen) atoms. The zero-order valence-corrected chi connectivity index (χ0v) is 12.0. The Balaban J connectivity index is 2.09. The third kappa shape index (κ3) is 3.34. The van der Waals surface area contributed by atoms with E-state index in [1.54, 1.807) is 13.0 Å². The van der Waals surface area contributed by atoms with Gasteiger partial charge in [-0.1, -0.05) is 12.1 Å². The second kappa shape index (κ2) is 5.59. The molecule has 0 aliphatic rings. The molecule has 1 aromatic heterocycles. The molecule has 0 atom stereocenters. The van der Waals surface area contributed by atoms with E-state index in [4.69, 9.17) is 14.4 Å². The number of ether oxygens (including phenoxy) is 1. The van der Waals surface area contributed by atoms with Crippen LogP contribution in [0.15, 0.2) is 27.6 Å². The van der Waals surface area contributed by atoms with Crippen LogP contribution in [0, 0.1) is 6.92 Å². The van der Waals surface area contributed by atoms with Crippen LogP contribution in [-0.2, 0) is 23.1 Å². The largest absolute Gasteiger partial charge is 0.485 e. The Morgan fingerprint density at radius 2 is 2.15 bits per heavy atom. The molecule has 0 aliphatic carbocycles. The summed E-state index contributed by atoms with van der Waals surface area (Å²) < 4.78 is 33.0. The van der Waals surface area contributed by atoms with Gasteiger partial charge in [0.1, 0.15) is 5.75 Å². The molecule has 1 aromatic carbocycles. The summed E-state index contributed by atoms with van der Waals surface area (Å²) in [6, 6.07) is 4.54. The molecule has 0 saturated heterocycles. The molecule has 7 nitrogen and oxygen atoms in total. The fraction of sp³-hybridized carbons (Fsp3) is 0.333. The van der Waals surface area contributed by atoms with Crippen molar-refractivity contribution in [3.63, 3.8) is 0 Å². The fourth-order valence-electron chi connectivity index (χ4n) is 1.67. The first-order valence-electron chi connectivity index (χ1n) is 5.98. The Labute approximate surface area is 116 Å². The Hall–Kier alpha value is -1.93. The van der Waals surface area contributed by atoms with E-state index in [1.807, 2.05) is 6.92 Å². The lowest BCUT2D eigenvalue weighted by molar-refractivity contribution is 0.285. The smallest absolute Gasteiger partial charge is 0.238 e. The molecular weight excluding hydrogens is 282 g/mol. The van der Waals surface area contributed by atoms with Gasteiger partial charge in [0, 0.05) is 6.42 Å². The number of rotatable bonds is 5. The first kappa shape index (κ1) is 14.5. The van der Waals surface area contributed by atoms with Crippen molar-refractivity contribution in [3.05, 3.63) is 35.5 Å². The molecule has 1 heterocycles. The third-order valence-corrected chi connectivity index (χ3v) is 3.70. The van der Waals surface area contributed by atoms with Crippen molar-refractivity contribution >= 4 is 10.0 Å². The van der Waals surface area contributed by atoms with Crippen LogP contribution in [0.3, 0.4) is 0 Å². The molecule has 2 rings (SSSR count). The van der Waals surface area contributed by atoms with Gasteiger partial charge >= 0.3 is 0 Å². The van der Waals surface area contributed by atoms with Gasteiger partial charge in [0.25, 0.3) is 0 Å². The molecule has 0 bridgehead atoms. The Kier molecular flexibility index (Phi) is 4.05. The summed E-state index contributed by atoms with van der Waals surface area (Å²) in [5, 5.41) is 8.84. The van der Waals surface area contributed by atoms with Gasteiger partial charge in [0.05, 0.1) is 4.90 Å². The SMILES string of the molecule is CCc1nc(COc2ccc(S(N)(=O)=O)c(C)c2)no1. The van der Waals surface area contributed by atoms with Crippen molar-refractivity contribution in [2.45, 2.75) is 31.8 Å². The third-order valence-electron chi connectivity index (χ3n) is 2.63. The lowest BCUT2D eigenvalue weighted by atomic mass is 10.2. The van der Waals surface area contributed by atoms with Gasteiger partial charge in [0.15, 0.2) is 6.61 Å². The van der Waals surface area contributed by atoms with Crippen LogP contribution in [0.25, 0.3) is 0 Å². The molecule has 0 fully saturated rings. The quantitative estimate of drug-likeness (QED) is 0.887. The summed E-state index contributed by atoms with van der Waals surface area (Å²) in [5.41, 5.74) is 0.521. The van der Waals surface area contributed by atoms with Crippen LogP contribution in [0.4, 0.5) is 0 Å². The van der Waals surface area contributed by atoms with E-state index in [1.165, 1.54) is 12.1 Å². The average Bonchev–Trinajstić information content (AvgIpc) is 2.83. The number of aromatic nitrogens is 2. The van der Waals surface area contributed by atoms with E-state index < -0.39 is 10.0 Å². The van der Waals surface area contributed by atoms with Gasteiger partial charge in [-0.3, -0.25) is 0 Å². The van der Waals surface area contributed by atoms with Crippen molar-refractivity contribution in [2.24, 2.45) is 5.14 Å². The molecule has 108 valence electrons. The van der Waals surface area contributed by atoms with Gasteiger partial charge in [0.2, 0.25) is 21.7 Å². The molecule has 0 unspecified atom stereocenters. The molecule has 0 amide bonds. The summed E-state index contributed by atoms with van der Waals surface area (Å²) in [6.07, 6.45) is 0.662. The van der Waals surface area contributed by atoms with E-state index in [0.29, 0.717) is 29.4 Å². The van der Waals surface area contributed by atoms with E-state index in [9.17, 15) is 8.42 Å². The van der Waals surface area contributed by atoms with E-state index in [-0.39, 0.29) is 11.5 Å². The van der Waals surface area contributed by atoms with Crippen molar-refractivity contribution in [1.29, 1.82) is 0 Å². The summed E-state index contributed by atoms with van der Waals surface area (Å²) >= 11 is 0. The molecule has 2 aromatic rings. The predicted octanol–water partition coefficient (Wildman–Crippen LogP) is 1.17. The maximum absolute atomic E-state index is 11.3. The Bertz CT molecular complexity index is 709. The maximum atomic E-state index is 11.3. The summed E-state index contributed by atoms with van der Waals surface area (Å²) in [4.78, 5) is 4.19. The number of sulfonamides is 1. The predicted molar refractivity (Wildman–Crippen MR) is 70.6 cm³/mol. The lowest BCUT2D eigenvalue weighted by Gasteiger charge is -2.07. The monoisotopic (exact) mass is 297 g/mol. The zero-order valence-electron chi connectivity index (χ0n) is 11.2. The van der Waals surface area contributed by atoms with Gasteiger partial charge in [-0.05, 0) is 30.7 Å². The van der Waals surface area contributed by atoms with Crippen molar-refractivity contribution in [2.75, 3.05) is 0 Å². The molecule has 0 aliphatic heterocycles. The number of nitrogens with zero attached hydrogens (tertiary/aromatic N) is 2. The van der Waals surface area contributed by atoms with E-state index >= 15 is 0 Å². The standard InChI is InChI=1S/C12H15N3O4S/c1-3-12-14-11(15-19-12)7-18-9-4-5-10(8(2)6-9)20(13,16)17/h4-6H,3,7H2,1-2H3,(H2,13,16,17). The molecule has 0 spiro atoms. The summed E-state index contributed by atoms with van der Waals surface area (Å²) in [6.45, 7) is 3.71. The van der Waals surface area contributed by atoms with Gasteiger partial charge in [-0.25, -0.2) is 13.6 Å². The number of aryl methyl sites for hydroxylation is 2. The molecule has 2 N–H and O–H groups in total. The van der Waals surface area contributed by atoms with Gasteiger partial charge in [-0.15, -0.1) is 0 Å². The van der Waals surface area contributed by atoms with E-state index in [0.717, 1.165) is 0 Å². The van der Waals surface area contributed by atoms with Gasteiger partial charge in [-0.2, -0.15) is 4.98 Å². The molecule has 0 radical (unpaired) electrons. The van der Waals surface area contributed by atoms with Crippen molar-refractivity contribution < 1.29 is 17.7 Å². The number of hydrogen-bond acceptors (Lipinski definition) is 6.